The number of hydrogen-bond donors (Lipinski definition) is 0. The maximum atomic E-state index is 11.4. The zero-order valence-corrected chi connectivity index (χ0v) is 12.2. The van der Waals surface area contributed by atoms with Crippen molar-refractivity contribution in [3.8, 4) is 5.75 Å². The first kappa shape index (κ1) is 13.2. The van der Waals surface area contributed by atoms with Gasteiger partial charge in [0.1, 0.15) is 12.4 Å². The molecule has 0 spiro atoms. The van der Waals surface area contributed by atoms with E-state index in [-0.39, 0.29) is 0 Å². The summed E-state index contributed by atoms with van der Waals surface area (Å²) in [5, 5.41) is 0. The van der Waals surface area contributed by atoms with Crippen LogP contribution < -0.4 is 9.64 Å². The van der Waals surface area contributed by atoms with Gasteiger partial charge >= 0.3 is 0 Å². The van der Waals surface area contributed by atoms with Crippen molar-refractivity contribution in [2.24, 2.45) is 0 Å². The fourth-order valence-electron chi connectivity index (χ4n) is 2.40. The molecule has 0 saturated heterocycles. The minimum Gasteiger partial charge on any atom is -0.490 e. The van der Waals surface area contributed by atoms with E-state index in [0.29, 0.717) is 6.61 Å². The van der Waals surface area contributed by atoms with E-state index < -0.39 is 10.8 Å². The van der Waals surface area contributed by atoms with Gasteiger partial charge in [-0.15, -0.1) is 0 Å². The molecule has 0 N–H and O–H groups in total. The lowest BCUT2D eigenvalue weighted by Gasteiger charge is -2.31. The highest BCUT2D eigenvalue weighted by molar-refractivity contribution is 7.84. The van der Waals surface area contributed by atoms with Gasteiger partial charge in [0.15, 0.2) is 0 Å². The molecule has 0 aromatic heterocycles. The Morgan fingerprint density at radius 2 is 1.90 bits per heavy atom. The van der Waals surface area contributed by atoms with Crippen LogP contribution >= 0.6 is 0 Å². The molecule has 4 heteroatoms. The molecule has 0 aliphatic carbocycles. The van der Waals surface area contributed by atoms with E-state index in [1.54, 1.807) is 6.26 Å². The van der Waals surface area contributed by atoms with Gasteiger partial charge in [-0.1, -0.05) is 24.3 Å². The zero-order chi connectivity index (χ0) is 13.9. The van der Waals surface area contributed by atoms with Gasteiger partial charge in [-0.2, -0.15) is 0 Å². The molecule has 1 atom stereocenters. The van der Waals surface area contributed by atoms with Crippen LogP contribution in [-0.2, 0) is 17.3 Å². The number of anilines is 1. The Balaban J connectivity index is 1.80. The molecule has 2 aromatic rings. The molecule has 0 saturated carbocycles. The molecular formula is C16H17NO2S. The van der Waals surface area contributed by atoms with E-state index in [4.69, 9.17) is 4.74 Å². The lowest BCUT2D eigenvalue weighted by atomic mass is 10.1. The average molecular weight is 287 g/mol. The van der Waals surface area contributed by atoms with Crippen molar-refractivity contribution in [1.82, 2.24) is 0 Å². The molecule has 1 aliphatic rings. The minimum atomic E-state index is -0.914. The number of ether oxygens (including phenoxy) is 1. The van der Waals surface area contributed by atoms with Crippen LogP contribution in [0.15, 0.2) is 53.4 Å². The Morgan fingerprint density at radius 3 is 2.65 bits per heavy atom. The van der Waals surface area contributed by atoms with Gasteiger partial charge in [0.2, 0.25) is 0 Å². The van der Waals surface area contributed by atoms with Gasteiger partial charge in [-0.05, 0) is 29.8 Å². The smallest absolute Gasteiger partial charge is 0.142 e. The Labute approximate surface area is 121 Å². The van der Waals surface area contributed by atoms with Crippen molar-refractivity contribution < 1.29 is 8.95 Å². The van der Waals surface area contributed by atoms with E-state index in [1.165, 1.54) is 5.56 Å². The highest BCUT2D eigenvalue weighted by Crippen LogP contribution is 2.31. The van der Waals surface area contributed by atoms with Gasteiger partial charge in [0.05, 0.1) is 12.2 Å². The molecule has 1 heterocycles. The monoisotopic (exact) mass is 287 g/mol. The number of nitrogens with zero attached hydrogens (tertiary/aromatic N) is 1. The maximum Gasteiger partial charge on any atom is 0.142 e. The summed E-state index contributed by atoms with van der Waals surface area (Å²) in [5.41, 5.74) is 2.36. The second-order valence-electron chi connectivity index (χ2n) is 4.84. The largest absolute Gasteiger partial charge is 0.490 e. The van der Waals surface area contributed by atoms with Gasteiger partial charge in [-0.3, -0.25) is 4.21 Å². The second-order valence-corrected chi connectivity index (χ2v) is 6.22. The van der Waals surface area contributed by atoms with Gasteiger partial charge in [0.25, 0.3) is 0 Å². The maximum absolute atomic E-state index is 11.4. The van der Waals surface area contributed by atoms with Gasteiger partial charge in [0, 0.05) is 28.5 Å². The summed E-state index contributed by atoms with van der Waals surface area (Å²) in [7, 11) is -0.914. The van der Waals surface area contributed by atoms with Crippen LogP contribution in [-0.4, -0.2) is 23.6 Å². The molecule has 2 aromatic carbocycles. The van der Waals surface area contributed by atoms with E-state index in [0.717, 1.165) is 29.4 Å². The third kappa shape index (κ3) is 2.70. The summed E-state index contributed by atoms with van der Waals surface area (Å²) in [6, 6.07) is 16.1. The molecule has 0 bridgehead atoms. The van der Waals surface area contributed by atoms with Crippen molar-refractivity contribution in [2.75, 3.05) is 24.3 Å². The molecular weight excluding hydrogens is 270 g/mol. The second kappa shape index (κ2) is 5.67. The first-order valence-electron chi connectivity index (χ1n) is 6.63. The molecule has 3 rings (SSSR count). The number of fused-ring (bicyclic) bond motifs is 1. The van der Waals surface area contributed by atoms with Gasteiger partial charge < -0.3 is 9.64 Å². The van der Waals surface area contributed by atoms with Crippen LogP contribution in [0.4, 0.5) is 5.69 Å². The van der Waals surface area contributed by atoms with Crippen molar-refractivity contribution in [3.63, 3.8) is 0 Å². The summed E-state index contributed by atoms with van der Waals surface area (Å²) < 4.78 is 17.1. The van der Waals surface area contributed by atoms with E-state index in [9.17, 15) is 4.21 Å². The first-order chi connectivity index (χ1) is 9.74. The fourth-order valence-corrected chi connectivity index (χ4v) is 2.92. The molecule has 3 nitrogen and oxygen atoms in total. The summed E-state index contributed by atoms with van der Waals surface area (Å²) >= 11 is 0. The number of hydrogen-bond acceptors (Lipinski definition) is 3. The number of para-hydroxylation sites is 2. The molecule has 1 aliphatic heterocycles. The molecule has 20 heavy (non-hydrogen) atoms. The van der Waals surface area contributed by atoms with Crippen molar-refractivity contribution in [2.45, 2.75) is 11.4 Å². The predicted octanol–water partition coefficient (Wildman–Crippen LogP) is 2.82. The first-order valence-corrected chi connectivity index (χ1v) is 8.19. The van der Waals surface area contributed by atoms with Crippen LogP contribution in [0.2, 0.25) is 0 Å². The number of benzene rings is 2. The molecule has 0 unspecified atom stereocenters. The zero-order valence-electron chi connectivity index (χ0n) is 11.4. The highest BCUT2D eigenvalue weighted by Gasteiger charge is 2.17. The minimum absolute atomic E-state index is 0.716. The molecule has 0 fully saturated rings. The summed E-state index contributed by atoms with van der Waals surface area (Å²) in [6.45, 7) is 2.45. The standard InChI is InChI=1S/C16H17NO2S/c1-20(18)14-8-6-13(7-9-14)12-17-10-11-19-16-5-3-2-4-15(16)17/h2-9H,10-12H2,1H3/t20-/m1/s1. The fraction of sp³-hybridized carbons (Fsp3) is 0.250. The van der Waals surface area contributed by atoms with Crippen LogP contribution in [0.3, 0.4) is 0 Å². The molecule has 104 valence electrons. The van der Waals surface area contributed by atoms with Crippen LogP contribution in [0.25, 0.3) is 0 Å². The topological polar surface area (TPSA) is 29.5 Å². The molecule has 0 radical (unpaired) electrons. The highest BCUT2D eigenvalue weighted by atomic mass is 32.2. The van der Waals surface area contributed by atoms with E-state index in [2.05, 4.69) is 23.1 Å². The third-order valence-electron chi connectivity index (χ3n) is 3.45. The number of rotatable bonds is 3. The summed E-state index contributed by atoms with van der Waals surface area (Å²) in [6.07, 6.45) is 1.70. The van der Waals surface area contributed by atoms with Crippen molar-refractivity contribution >= 4 is 16.5 Å². The summed E-state index contributed by atoms with van der Waals surface area (Å²) in [4.78, 5) is 3.19. The van der Waals surface area contributed by atoms with E-state index in [1.807, 2.05) is 30.3 Å². The quantitative estimate of drug-likeness (QED) is 0.869. The Morgan fingerprint density at radius 1 is 1.15 bits per heavy atom. The SMILES string of the molecule is C[S@@](=O)c1ccc(CN2CCOc3ccccc32)cc1. The van der Waals surface area contributed by atoms with Gasteiger partial charge in [-0.25, -0.2) is 0 Å². The predicted molar refractivity (Wildman–Crippen MR) is 81.8 cm³/mol. The lowest BCUT2D eigenvalue weighted by Crippen LogP contribution is -2.32. The van der Waals surface area contributed by atoms with Crippen LogP contribution in [0, 0.1) is 0 Å². The van der Waals surface area contributed by atoms with E-state index >= 15 is 0 Å². The Bertz CT molecular complexity index is 625. The summed E-state index contributed by atoms with van der Waals surface area (Å²) in [5.74, 6) is 0.949. The molecule has 0 amide bonds. The third-order valence-corrected chi connectivity index (χ3v) is 4.39. The van der Waals surface area contributed by atoms with Crippen LogP contribution in [0.1, 0.15) is 5.56 Å². The average Bonchev–Trinajstić information content (AvgIpc) is 2.48. The Kier molecular flexibility index (Phi) is 3.74. The van der Waals surface area contributed by atoms with Crippen molar-refractivity contribution in [3.05, 3.63) is 54.1 Å². The lowest BCUT2D eigenvalue weighted by molar-refractivity contribution is 0.307. The normalized spacial score (nSPS) is 15.3. The van der Waals surface area contributed by atoms with Crippen LogP contribution in [0.5, 0.6) is 5.75 Å². The van der Waals surface area contributed by atoms with Crippen molar-refractivity contribution in [1.29, 1.82) is 0 Å². The Hall–Kier alpha value is -1.81.